The smallest absolute Gasteiger partial charge is 0.164 e. The van der Waals surface area contributed by atoms with Crippen LogP contribution >= 0.6 is 11.6 Å². The van der Waals surface area contributed by atoms with Gasteiger partial charge in [0.15, 0.2) is 5.82 Å². The fourth-order valence-corrected chi connectivity index (χ4v) is 2.22. The molecule has 1 aromatic carbocycles. The zero-order valence-corrected chi connectivity index (χ0v) is 9.78. The molecule has 1 aliphatic carbocycles. The predicted octanol–water partition coefficient (Wildman–Crippen LogP) is 3.24. The first-order valence-corrected chi connectivity index (χ1v) is 5.79. The Labute approximate surface area is 99.1 Å². The van der Waals surface area contributed by atoms with Crippen molar-refractivity contribution < 1.29 is 0 Å². The minimum Gasteiger partial charge on any atom is -0.310 e. The standard InChI is InChI=1S/C12H12ClN3/c1-8-4-9(6-10(13)5-8)12-15-14-7-16(12)11-2-3-11/h4-7,11H,2-3H2,1H3. The van der Waals surface area contributed by atoms with E-state index >= 15 is 0 Å². The van der Waals surface area contributed by atoms with Crippen LogP contribution < -0.4 is 0 Å². The third-order valence-corrected chi connectivity index (χ3v) is 3.03. The first kappa shape index (κ1) is 9.85. The summed E-state index contributed by atoms with van der Waals surface area (Å²) in [6.07, 6.45) is 4.26. The SMILES string of the molecule is Cc1cc(Cl)cc(-c2nncn2C2CC2)c1. The number of aryl methyl sites for hydroxylation is 1. The molecule has 0 amide bonds. The maximum absolute atomic E-state index is 6.06. The van der Waals surface area contributed by atoms with Crippen LogP contribution in [0.15, 0.2) is 24.5 Å². The number of hydrogen-bond donors (Lipinski definition) is 0. The average molecular weight is 234 g/mol. The zero-order chi connectivity index (χ0) is 11.1. The second-order valence-corrected chi connectivity index (χ2v) is 4.75. The summed E-state index contributed by atoms with van der Waals surface area (Å²) in [5.41, 5.74) is 2.20. The van der Waals surface area contributed by atoms with E-state index < -0.39 is 0 Å². The normalized spacial score (nSPS) is 15.4. The Morgan fingerprint density at radius 2 is 2.12 bits per heavy atom. The van der Waals surface area contributed by atoms with Crippen molar-refractivity contribution in [2.75, 3.05) is 0 Å². The minimum absolute atomic E-state index is 0.587. The van der Waals surface area contributed by atoms with Gasteiger partial charge in [-0.05, 0) is 43.5 Å². The van der Waals surface area contributed by atoms with Crippen LogP contribution in [0.5, 0.6) is 0 Å². The van der Waals surface area contributed by atoms with E-state index in [1.165, 1.54) is 12.8 Å². The summed E-state index contributed by atoms with van der Waals surface area (Å²) in [5.74, 6) is 0.924. The van der Waals surface area contributed by atoms with Crippen molar-refractivity contribution in [1.82, 2.24) is 14.8 Å². The maximum atomic E-state index is 6.06. The second kappa shape index (κ2) is 3.59. The molecular weight excluding hydrogens is 222 g/mol. The van der Waals surface area contributed by atoms with Crippen molar-refractivity contribution in [3.05, 3.63) is 35.1 Å². The summed E-state index contributed by atoms with van der Waals surface area (Å²) >= 11 is 6.06. The maximum Gasteiger partial charge on any atom is 0.164 e. The highest BCUT2D eigenvalue weighted by Crippen LogP contribution is 2.37. The molecule has 1 heterocycles. The number of hydrogen-bond acceptors (Lipinski definition) is 2. The molecule has 82 valence electrons. The molecule has 3 nitrogen and oxygen atoms in total. The van der Waals surface area contributed by atoms with Crippen LogP contribution in [0.2, 0.25) is 5.02 Å². The van der Waals surface area contributed by atoms with Gasteiger partial charge in [0, 0.05) is 16.6 Å². The van der Waals surface area contributed by atoms with Crippen molar-refractivity contribution in [3.63, 3.8) is 0 Å². The first-order valence-electron chi connectivity index (χ1n) is 5.41. The lowest BCUT2D eigenvalue weighted by molar-refractivity contribution is 0.746. The van der Waals surface area contributed by atoms with Gasteiger partial charge in [-0.3, -0.25) is 0 Å². The number of aromatic nitrogens is 3. The van der Waals surface area contributed by atoms with E-state index in [4.69, 9.17) is 11.6 Å². The highest BCUT2D eigenvalue weighted by Gasteiger charge is 2.26. The van der Waals surface area contributed by atoms with Gasteiger partial charge in [0.1, 0.15) is 6.33 Å². The summed E-state index contributed by atoms with van der Waals surface area (Å²) in [5, 5.41) is 8.92. The van der Waals surface area contributed by atoms with Crippen LogP contribution in [0.25, 0.3) is 11.4 Å². The van der Waals surface area contributed by atoms with E-state index in [9.17, 15) is 0 Å². The molecule has 4 heteroatoms. The lowest BCUT2D eigenvalue weighted by atomic mass is 10.1. The Morgan fingerprint density at radius 1 is 1.31 bits per heavy atom. The van der Waals surface area contributed by atoms with Crippen LogP contribution in [0, 0.1) is 6.92 Å². The zero-order valence-electron chi connectivity index (χ0n) is 9.02. The molecule has 1 aromatic heterocycles. The largest absolute Gasteiger partial charge is 0.310 e. The molecule has 0 unspecified atom stereocenters. The third kappa shape index (κ3) is 1.71. The summed E-state index contributed by atoms with van der Waals surface area (Å²) in [7, 11) is 0. The van der Waals surface area contributed by atoms with Gasteiger partial charge in [-0.1, -0.05) is 11.6 Å². The molecule has 3 rings (SSSR count). The molecule has 0 saturated heterocycles. The van der Waals surface area contributed by atoms with Crippen LogP contribution in [0.4, 0.5) is 0 Å². The number of rotatable bonds is 2. The third-order valence-electron chi connectivity index (χ3n) is 2.81. The Hall–Kier alpha value is -1.35. The van der Waals surface area contributed by atoms with E-state index in [1.54, 1.807) is 0 Å². The number of nitrogens with zero attached hydrogens (tertiary/aromatic N) is 3. The molecule has 16 heavy (non-hydrogen) atoms. The Balaban J connectivity index is 2.10. The van der Waals surface area contributed by atoms with E-state index in [0.29, 0.717) is 6.04 Å². The van der Waals surface area contributed by atoms with Gasteiger partial charge in [0.05, 0.1) is 0 Å². The molecule has 2 aromatic rings. The van der Waals surface area contributed by atoms with Crippen molar-refractivity contribution in [1.29, 1.82) is 0 Å². The van der Waals surface area contributed by atoms with Crippen molar-refractivity contribution in [2.45, 2.75) is 25.8 Å². The van der Waals surface area contributed by atoms with Crippen LogP contribution in [0.3, 0.4) is 0 Å². The monoisotopic (exact) mass is 233 g/mol. The van der Waals surface area contributed by atoms with Crippen LogP contribution in [-0.2, 0) is 0 Å². The van der Waals surface area contributed by atoms with E-state index in [1.807, 2.05) is 25.4 Å². The van der Waals surface area contributed by atoms with Crippen molar-refractivity contribution in [3.8, 4) is 11.4 Å². The molecule has 0 atom stereocenters. The fraction of sp³-hybridized carbons (Fsp3) is 0.333. The molecule has 0 aliphatic heterocycles. The lowest BCUT2D eigenvalue weighted by Gasteiger charge is -2.06. The highest BCUT2D eigenvalue weighted by molar-refractivity contribution is 6.30. The summed E-state index contributed by atoms with van der Waals surface area (Å²) in [6.45, 7) is 2.03. The van der Waals surface area contributed by atoms with Crippen LogP contribution in [0.1, 0.15) is 24.4 Å². The van der Waals surface area contributed by atoms with Gasteiger partial charge >= 0.3 is 0 Å². The number of halogens is 1. The summed E-state index contributed by atoms with van der Waals surface area (Å²) in [6, 6.07) is 6.57. The fourth-order valence-electron chi connectivity index (χ4n) is 1.93. The molecule has 0 N–H and O–H groups in total. The van der Waals surface area contributed by atoms with Gasteiger partial charge < -0.3 is 4.57 Å². The molecule has 0 radical (unpaired) electrons. The summed E-state index contributed by atoms with van der Waals surface area (Å²) in [4.78, 5) is 0. The van der Waals surface area contributed by atoms with Crippen molar-refractivity contribution in [2.24, 2.45) is 0 Å². The summed E-state index contributed by atoms with van der Waals surface area (Å²) < 4.78 is 2.14. The topological polar surface area (TPSA) is 30.7 Å². The van der Waals surface area contributed by atoms with E-state index in [-0.39, 0.29) is 0 Å². The van der Waals surface area contributed by atoms with Crippen LogP contribution in [-0.4, -0.2) is 14.8 Å². The van der Waals surface area contributed by atoms with E-state index in [2.05, 4.69) is 20.8 Å². The molecule has 1 aliphatic rings. The molecule has 0 bridgehead atoms. The Kier molecular flexibility index (Phi) is 2.21. The van der Waals surface area contributed by atoms with Gasteiger partial charge in [-0.2, -0.15) is 0 Å². The second-order valence-electron chi connectivity index (χ2n) is 4.31. The average Bonchev–Trinajstić information content (AvgIpc) is 2.94. The molecule has 1 fully saturated rings. The molecular formula is C12H12ClN3. The van der Waals surface area contributed by atoms with Gasteiger partial charge in [0.2, 0.25) is 0 Å². The predicted molar refractivity (Wildman–Crippen MR) is 63.5 cm³/mol. The first-order chi connectivity index (χ1) is 7.74. The van der Waals surface area contributed by atoms with Crippen molar-refractivity contribution >= 4 is 11.6 Å². The van der Waals surface area contributed by atoms with Gasteiger partial charge in [0.25, 0.3) is 0 Å². The Bertz CT molecular complexity index is 509. The van der Waals surface area contributed by atoms with Gasteiger partial charge in [-0.25, -0.2) is 0 Å². The number of benzene rings is 1. The van der Waals surface area contributed by atoms with Gasteiger partial charge in [-0.15, -0.1) is 10.2 Å². The highest BCUT2D eigenvalue weighted by atomic mass is 35.5. The lowest BCUT2D eigenvalue weighted by Crippen LogP contribution is -1.96. The molecule has 1 saturated carbocycles. The minimum atomic E-state index is 0.587. The van der Waals surface area contributed by atoms with E-state index in [0.717, 1.165) is 22.0 Å². The Morgan fingerprint density at radius 3 is 2.81 bits per heavy atom. The molecule has 0 spiro atoms. The quantitative estimate of drug-likeness (QED) is 0.797.